The first-order chi connectivity index (χ1) is 54.6. The summed E-state index contributed by atoms with van der Waals surface area (Å²) in [6.07, 6.45) is 13.2. The lowest BCUT2D eigenvalue weighted by Gasteiger charge is -2.41. The van der Waals surface area contributed by atoms with Gasteiger partial charge in [0.15, 0.2) is 20.7 Å². The number of furan rings is 1. The monoisotopic (exact) mass is 1640 g/mol. The molecule has 4 fully saturated rings. The number of amidine groups is 4. The Morgan fingerprint density at radius 3 is 1.28 bits per heavy atom. The van der Waals surface area contributed by atoms with Crippen molar-refractivity contribution in [3.63, 3.8) is 0 Å². The van der Waals surface area contributed by atoms with E-state index in [1.165, 1.54) is 79.0 Å². The molecule has 0 amide bonds. The number of pyridine rings is 4. The van der Waals surface area contributed by atoms with Gasteiger partial charge in [-0.3, -0.25) is 0 Å². The molecule has 0 unspecified atom stereocenters. The van der Waals surface area contributed by atoms with E-state index in [4.69, 9.17) is 38.1 Å². The number of methoxy groups -OCH3 is 5. The number of aliphatic imine (C=N–C) groups is 4. The number of likely N-dealkylation sites (tertiary alicyclic amines) is 4. The van der Waals surface area contributed by atoms with Gasteiger partial charge in [0.2, 0.25) is 29.3 Å². The van der Waals surface area contributed by atoms with Crippen LogP contribution in [0.25, 0.3) is 42.9 Å². The fourth-order valence-corrected chi connectivity index (χ4v) is 16.9. The van der Waals surface area contributed by atoms with Crippen LogP contribution in [0.15, 0.2) is 188 Å². The van der Waals surface area contributed by atoms with E-state index in [1.807, 2.05) is 79.3 Å². The Kier molecular flexibility index (Phi) is 25.4. The molecule has 0 radical (unpaired) electrons. The molecule has 4 aliphatic heterocycles. The average molecular weight is 1640 g/mol. The molecule has 113 heavy (non-hydrogen) atoms. The van der Waals surface area contributed by atoms with Crippen LogP contribution in [0.1, 0.15) is 56.7 Å². The van der Waals surface area contributed by atoms with Gasteiger partial charge < -0.3 is 56.8 Å². The summed E-state index contributed by atoms with van der Waals surface area (Å²) < 4.78 is 130. The molecular weight excluding hydrogens is 1560 g/mol. The van der Waals surface area contributed by atoms with E-state index >= 15 is 0 Å². The van der Waals surface area contributed by atoms with Crippen molar-refractivity contribution < 1.29 is 63.6 Å². The number of benzene rings is 4. The lowest BCUT2D eigenvalue weighted by atomic mass is 9.89. The fraction of sp³-hybridized carbons (Fsp3) is 0.287. The second kappa shape index (κ2) is 35.7. The number of aromatic nitrogens is 6. The number of hydrogen-bond donors (Lipinski definition) is 0. The third kappa shape index (κ3) is 18.3. The zero-order valence-corrected chi connectivity index (χ0v) is 66.9. The number of carbonyl (C=O) groups excluding carboxylic acids is 1. The normalized spacial score (nSPS) is 15.2. The minimum Gasteiger partial charge on any atom is -0.481 e. The second-order valence-electron chi connectivity index (χ2n) is 26.2. The summed E-state index contributed by atoms with van der Waals surface area (Å²) in [5, 5.41) is 8.46. The quantitative estimate of drug-likeness (QED) is 0.0456. The Morgan fingerprint density at radius 1 is 0.478 bits per heavy atom. The summed E-state index contributed by atoms with van der Waals surface area (Å²) in [7, 11) is 7.59. The highest BCUT2D eigenvalue weighted by atomic mass is 32.2. The summed E-state index contributed by atoms with van der Waals surface area (Å²) >= 11 is 7.85. The molecule has 0 spiro atoms. The van der Waals surface area contributed by atoms with E-state index < -0.39 is 29.3 Å². The third-order valence-electron chi connectivity index (χ3n) is 19.3. The molecule has 16 rings (SSSR count). The first-order valence-electron chi connectivity index (χ1n) is 35.2. The van der Waals surface area contributed by atoms with Gasteiger partial charge in [-0.15, -0.1) is 11.3 Å². The van der Waals surface area contributed by atoms with Crippen molar-refractivity contribution in [2.45, 2.75) is 37.0 Å². The number of alkyl halides is 3. The molecular formula is C80H77F7N14O7S5. The summed E-state index contributed by atoms with van der Waals surface area (Å²) in [5.41, 5.74) is 7.14. The standard InChI is InChI=1S/C21H20FN3O4S.C20H18F4N4OS.C20H21FN4OS.C19H18FN3OS2/c1-27-17-7-5-14(9-23-17)24-21(30-3)25-10-12(11-25)18-15-6-4-13(22)8-16(15)29-19(18)20(26)28-2;1-29-18-6-4-13(8-25-18)26-19(30-2)27-9-14(10-27)28-11-16(20(22,23)24)15-7-12(21)3-5-17(15)28;1-13-10-25(18-6-4-14(21)8-17(13)18)16-11-24(12-16)20(27-3)23-15-5-7-19(26-2)22-9-15;1-24-18-6-4-14(8-21-18)22-19(25-2)23-9-12(10-23)16-11-26-17-7-13(20)3-5-15(16)17/h4-9,12H,10-11H2,1-3H3;3-8,11,14H,9-10H2,1-2H3;4-10,16H,11-12H2,1-3H3;3-8,11-12H,9-10H2,1-2H3. The largest absolute Gasteiger partial charge is 0.481 e. The molecule has 588 valence electrons. The van der Waals surface area contributed by atoms with E-state index in [0.717, 1.165) is 108 Å². The Balaban J connectivity index is 0.000000132. The lowest BCUT2D eigenvalue weighted by Crippen LogP contribution is -2.49. The van der Waals surface area contributed by atoms with Gasteiger partial charge in [0.05, 0.1) is 101 Å². The van der Waals surface area contributed by atoms with E-state index in [-0.39, 0.29) is 34.7 Å². The highest BCUT2D eigenvalue weighted by Gasteiger charge is 2.40. The van der Waals surface area contributed by atoms with Gasteiger partial charge in [-0.2, -0.15) is 13.2 Å². The number of aryl methyl sites for hydroxylation is 1. The molecule has 12 heterocycles. The van der Waals surface area contributed by atoms with Crippen LogP contribution >= 0.6 is 58.4 Å². The minimum absolute atomic E-state index is 0.0390. The van der Waals surface area contributed by atoms with Gasteiger partial charge >= 0.3 is 12.1 Å². The van der Waals surface area contributed by atoms with Crippen molar-refractivity contribution >= 4 is 151 Å². The number of ether oxygens (including phenoxy) is 5. The first kappa shape index (κ1) is 80.6. The summed E-state index contributed by atoms with van der Waals surface area (Å²) in [6, 6.07) is 32.6. The van der Waals surface area contributed by atoms with Crippen molar-refractivity contribution in [1.29, 1.82) is 0 Å². The number of fused-ring (bicyclic) bond motifs is 4. The molecule has 4 aromatic carbocycles. The molecule has 33 heteroatoms. The molecule has 0 N–H and O–H groups in total. The van der Waals surface area contributed by atoms with Gasteiger partial charge in [-0.25, -0.2) is 62.3 Å². The van der Waals surface area contributed by atoms with Gasteiger partial charge in [0.25, 0.3) is 0 Å². The topological polar surface area (TPSA) is 200 Å². The minimum atomic E-state index is -4.55. The van der Waals surface area contributed by atoms with Crippen molar-refractivity contribution in [2.75, 3.05) is 113 Å². The number of thiophene rings is 1. The van der Waals surface area contributed by atoms with Crippen LogP contribution < -0.4 is 18.9 Å². The molecule has 0 saturated carbocycles. The van der Waals surface area contributed by atoms with E-state index in [0.29, 0.717) is 78.4 Å². The van der Waals surface area contributed by atoms with E-state index in [2.05, 4.69) is 60.8 Å². The third-order valence-corrected chi connectivity index (χ3v) is 23.1. The van der Waals surface area contributed by atoms with Crippen LogP contribution in [-0.4, -0.2) is 188 Å². The van der Waals surface area contributed by atoms with Gasteiger partial charge in [0, 0.05) is 144 Å². The molecule has 0 aliphatic carbocycles. The molecule has 4 saturated heterocycles. The van der Waals surface area contributed by atoms with Crippen molar-refractivity contribution in [1.82, 2.24) is 48.7 Å². The predicted octanol–water partition coefficient (Wildman–Crippen LogP) is 18.6. The van der Waals surface area contributed by atoms with E-state index in [9.17, 15) is 35.5 Å². The maximum absolute atomic E-state index is 13.6. The molecule has 12 aromatic rings. The van der Waals surface area contributed by atoms with Gasteiger partial charge in [0.1, 0.15) is 28.9 Å². The number of halogens is 7. The number of rotatable bonds is 13. The van der Waals surface area contributed by atoms with Crippen LogP contribution in [0, 0.1) is 30.2 Å². The Labute approximate surface area is 667 Å². The van der Waals surface area contributed by atoms with Crippen LogP contribution in [0.2, 0.25) is 0 Å². The van der Waals surface area contributed by atoms with E-state index in [1.54, 1.807) is 128 Å². The fourth-order valence-electron chi connectivity index (χ4n) is 13.4. The zero-order valence-electron chi connectivity index (χ0n) is 62.9. The molecule has 0 atom stereocenters. The van der Waals surface area contributed by atoms with Crippen LogP contribution in [-0.2, 0) is 10.9 Å². The number of carbonyl (C=O) groups is 1. The van der Waals surface area contributed by atoms with Crippen LogP contribution in [0.5, 0.6) is 23.5 Å². The van der Waals surface area contributed by atoms with Crippen LogP contribution in [0.4, 0.5) is 53.5 Å². The Morgan fingerprint density at radius 2 is 0.867 bits per heavy atom. The highest BCUT2D eigenvalue weighted by Crippen LogP contribution is 2.43. The first-order valence-corrected chi connectivity index (χ1v) is 41.0. The number of nitrogens with zero attached hydrogens (tertiary/aromatic N) is 14. The average Bonchev–Trinajstić information content (AvgIpc) is 1.58. The smallest absolute Gasteiger partial charge is 0.418 e. The number of esters is 1. The Bertz CT molecular complexity index is 5490. The summed E-state index contributed by atoms with van der Waals surface area (Å²) in [4.78, 5) is 56.2. The number of hydrogen-bond acceptors (Lipinski definition) is 20. The Hall–Kier alpha value is -10.5. The van der Waals surface area contributed by atoms with Gasteiger partial charge in [-0.1, -0.05) is 53.1 Å². The predicted molar refractivity (Wildman–Crippen MR) is 438 cm³/mol. The molecule has 21 nitrogen and oxygen atoms in total. The molecule has 0 bridgehead atoms. The SMILES string of the molecule is COC(=O)c1oc2cc(F)ccc2c1C1CN(C(=Nc2ccc(OC)nc2)SC)C1.COc1ccc(N=C(SC)N2CC(c3csc4cc(F)ccc34)C2)cn1.COc1ccc(N=C(SC)N2CC(n3cc(C(F)(F)F)c4cc(F)ccc43)C2)cn1.COc1ccc(N=C(SC)N2CC(n3cc(C)c4cc(F)ccc43)C2)cn1. The molecule has 4 aliphatic rings. The van der Waals surface area contributed by atoms with Crippen molar-refractivity contribution in [3.8, 4) is 23.5 Å². The summed E-state index contributed by atoms with van der Waals surface area (Å²) in [6.45, 7) is 7.94. The number of thioether (sulfide) groups is 4. The van der Waals surface area contributed by atoms with Crippen molar-refractivity contribution in [3.05, 3.63) is 215 Å². The van der Waals surface area contributed by atoms with Crippen LogP contribution in [0.3, 0.4) is 0 Å². The lowest BCUT2D eigenvalue weighted by molar-refractivity contribution is -0.136. The van der Waals surface area contributed by atoms with Gasteiger partial charge in [-0.05, 0) is 139 Å². The second-order valence-corrected chi connectivity index (χ2v) is 30.3. The maximum atomic E-state index is 13.6. The summed E-state index contributed by atoms with van der Waals surface area (Å²) in [5.74, 6) is 0.766. The zero-order chi connectivity index (χ0) is 79.8. The molecule has 8 aromatic heterocycles. The highest BCUT2D eigenvalue weighted by molar-refractivity contribution is 8.14. The maximum Gasteiger partial charge on any atom is 0.418 e. The van der Waals surface area contributed by atoms with Crippen molar-refractivity contribution in [2.24, 2.45) is 20.0 Å².